The van der Waals surface area contributed by atoms with Gasteiger partial charge in [0, 0.05) is 11.8 Å². The number of hydrogen-bond donors (Lipinski definition) is 1. The van der Waals surface area contributed by atoms with Crippen LogP contribution in [0.5, 0.6) is 5.75 Å². The molecule has 8 heteroatoms. The van der Waals surface area contributed by atoms with E-state index >= 15 is 0 Å². The summed E-state index contributed by atoms with van der Waals surface area (Å²) in [5.41, 5.74) is 0.501. The first-order valence-electron chi connectivity index (χ1n) is 6.96. The van der Waals surface area contributed by atoms with Gasteiger partial charge in [0.15, 0.2) is 0 Å². The summed E-state index contributed by atoms with van der Waals surface area (Å²) in [7, 11) is 1.34. The number of nitrogens with zero attached hydrogens (tertiary/aromatic N) is 2. The van der Waals surface area contributed by atoms with Crippen LogP contribution in [0, 0.1) is 25.0 Å². The SMILES string of the molecule is COc1c(I)cc(/C=C(/C#N)C(=O)Nc2ccccc2)cc1[N+](=O)[O-]. The second-order valence-electron chi connectivity index (χ2n) is 4.80. The summed E-state index contributed by atoms with van der Waals surface area (Å²) in [6.07, 6.45) is 1.30. The minimum absolute atomic E-state index is 0.134. The second kappa shape index (κ2) is 8.25. The molecule has 0 aliphatic heterocycles. The number of methoxy groups -OCH3 is 1. The van der Waals surface area contributed by atoms with Gasteiger partial charge in [-0.1, -0.05) is 18.2 Å². The van der Waals surface area contributed by atoms with Gasteiger partial charge in [0.2, 0.25) is 5.75 Å². The third kappa shape index (κ3) is 4.54. The molecule has 0 saturated carbocycles. The van der Waals surface area contributed by atoms with Crippen molar-refractivity contribution < 1.29 is 14.5 Å². The molecular weight excluding hydrogens is 437 g/mol. The molecule has 2 aromatic rings. The molecule has 7 nitrogen and oxygen atoms in total. The Morgan fingerprint density at radius 1 is 1.36 bits per heavy atom. The number of nitriles is 1. The summed E-state index contributed by atoms with van der Waals surface area (Å²) < 4.78 is 5.54. The van der Waals surface area contributed by atoms with Gasteiger partial charge in [-0.2, -0.15) is 5.26 Å². The average molecular weight is 449 g/mol. The van der Waals surface area contributed by atoms with Crippen LogP contribution in [-0.2, 0) is 4.79 Å². The first-order chi connectivity index (χ1) is 12.0. The van der Waals surface area contributed by atoms with E-state index in [4.69, 9.17) is 4.74 Å². The molecule has 0 atom stereocenters. The summed E-state index contributed by atoms with van der Waals surface area (Å²) in [5, 5.41) is 23.0. The topological polar surface area (TPSA) is 105 Å². The lowest BCUT2D eigenvalue weighted by Crippen LogP contribution is -2.13. The zero-order valence-corrected chi connectivity index (χ0v) is 15.2. The Balaban J connectivity index is 2.38. The van der Waals surface area contributed by atoms with E-state index in [-0.39, 0.29) is 17.0 Å². The van der Waals surface area contributed by atoms with Crippen molar-refractivity contribution in [1.82, 2.24) is 0 Å². The number of nitro groups is 1. The number of benzene rings is 2. The van der Waals surface area contributed by atoms with Crippen LogP contribution in [0.15, 0.2) is 48.0 Å². The lowest BCUT2D eigenvalue weighted by Gasteiger charge is -2.07. The Morgan fingerprint density at radius 2 is 2.04 bits per heavy atom. The van der Waals surface area contributed by atoms with Gasteiger partial charge in [0.25, 0.3) is 5.91 Å². The standard InChI is InChI=1S/C17H12IN3O4/c1-25-16-14(18)8-11(9-15(16)21(23)24)7-12(10-19)17(22)20-13-5-3-2-4-6-13/h2-9H,1H3,(H,20,22)/b12-7-. The molecular formula is C17H12IN3O4. The average Bonchev–Trinajstić information content (AvgIpc) is 2.59. The molecule has 25 heavy (non-hydrogen) atoms. The van der Waals surface area contributed by atoms with E-state index in [1.165, 1.54) is 19.3 Å². The summed E-state index contributed by atoms with van der Waals surface area (Å²) >= 11 is 1.90. The highest BCUT2D eigenvalue weighted by Gasteiger charge is 2.19. The Hall–Kier alpha value is -2.93. The lowest BCUT2D eigenvalue weighted by molar-refractivity contribution is -0.385. The van der Waals surface area contributed by atoms with E-state index < -0.39 is 10.8 Å². The van der Waals surface area contributed by atoms with Crippen LogP contribution in [0.4, 0.5) is 11.4 Å². The number of nitro benzene ring substituents is 1. The van der Waals surface area contributed by atoms with Crippen LogP contribution >= 0.6 is 22.6 Å². The van der Waals surface area contributed by atoms with Crippen molar-refractivity contribution in [3.8, 4) is 11.8 Å². The number of carbonyl (C=O) groups excluding carboxylic acids is 1. The van der Waals surface area contributed by atoms with Crippen LogP contribution in [0.25, 0.3) is 6.08 Å². The Kier molecular flexibility index (Phi) is 6.08. The Morgan fingerprint density at radius 3 is 2.60 bits per heavy atom. The van der Waals surface area contributed by atoms with Crippen LogP contribution in [0.1, 0.15) is 5.56 Å². The van der Waals surface area contributed by atoms with E-state index in [0.717, 1.165) is 0 Å². The zero-order valence-electron chi connectivity index (χ0n) is 13.0. The number of hydrogen-bond acceptors (Lipinski definition) is 5. The van der Waals surface area contributed by atoms with Gasteiger partial charge in [-0.3, -0.25) is 14.9 Å². The third-order valence-corrected chi connectivity index (χ3v) is 3.96. The van der Waals surface area contributed by atoms with Gasteiger partial charge in [-0.15, -0.1) is 0 Å². The van der Waals surface area contributed by atoms with Crippen molar-refractivity contribution in [1.29, 1.82) is 5.26 Å². The van der Waals surface area contributed by atoms with Crippen molar-refractivity contribution in [3.05, 3.63) is 67.3 Å². The molecule has 0 saturated heterocycles. The molecule has 2 aromatic carbocycles. The van der Waals surface area contributed by atoms with Crippen molar-refractivity contribution in [2.24, 2.45) is 0 Å². The molecule has 0 spiro atoms. The smallest absolute Gasteiger partial charge is 0.312 e. The molecule has 0 heterocycles. The minimum Gasteiger partial charge on any atom is -0.489 e. The molecule has 0 fully saturated rings. The van der Waals surface area contributed by atoms with Crippen LogP contribution in [0.3, 0.4) is 0 Å². The number of ether oxygens (including phenoxy) is 1. The van der Waals surface area contributed by atoms with Crippen molar-refractivity contribution in [2.45, 2.75) is 0 Å². The highest BCUT2D eigenvalue weighted by Crippen LogP contribution is 2.34. The monoisotopic (exact) mass is 449 g/mol. The number of amides is 1. The molecule has 0 unspecified atom stereocenters. The predicted octanol–water partition coefficient (Wildman–Crippen LogP) is 3.75. The van der Waals surface area contributed by atoms with Crippen LogP contribution in [-0.4, -0.2) is 17.9 Å². The number of rotatable bonds is 5. The van der Waals surface area contributed by atoms with E-state index in [2.05, 4.69) is 5.32 Å². The second-order valence-corrected chi connectivity index (χ2v) is 5.96. The highest BCUT2D eigenvalue weighted by atomic mass is 127. The van der Waals surface area contributed by atoms with E-state index in [9.17, 15) is 20.2 Å². The predicted molar refractivity (Wildman–Crippen MR) is 101 cm³/mol. The van der Waals surface area contributed by atoms with Gasteiger partial charge >= 0.3 is 5.69 Å². The fourth-order valence-corrected chi connectivity index (χ4v) is 2.91. The lowest BCUT2D eigenvalue weighted by atomic mass is 10.1. The highest BCUT2D eigenvalue weighted by molar-refractivity contribution is 14.1. The largest absolute Gasteiger partial charge is 0.489 e. The summed E-state index contributed by atoms with van der Waals surface area (Å²) in [6, 6.07) is 13.3. The van der Waals surface area contributed by atoms with Gasteiger partial charge in [0.1, 0.15) is 11.6 Å². The first-order valence-corrected chi connectivity index (χ1v) is 8.04. The van der Waals surface area contributed by atoms with Gasteiger partial charge < -0.3 is 10.1 Å². The summed E-state index contributed by atoms with van der Waals surface area (Å²) in [6.45, 7) is 0. The molecule has 0 aliphatic carbocycles. The summed E-state index contributed by atoms with van der Waals surface area (Å²) in [4.78, 5) is 22.8. The van der Waals surface area contributed by atoms with Crippen LogP contribution < -0.4 is 10.1 Å². The molecule has 0 aliphatic rings. The quantitative estimate of drug-likeness (QED) is 0.246. The van der Waals surface area contributed by atoms with Crippen LogP contribution in [0.2, 0.25) is 0 Å². The molecule has 1 amide bonds. The third-order valence-electron chi connectivity index (χ3n) is 3.15. The van der Waals surface area contributed by atoms with Crippen molar-refractivity contribution >= 4 is 45.9 Å². The van der Waals surface area contributed by atoms with E-state index in [1.807, 2.05) is 28.7 Å². The normalized spacial score (nSPS) is 10.7. The molecule has 2 rings (SSSR count). The first kappa shape index (κ1) is 18.4. The maximum Gasteiger partial charge on any atom is 0.312 e. The van der Waals surface area contributed by atoms with Crippen molar-refractivity contribution in [2.75, 3.05) is 12.4 Å². The van der Waals surface area contributed by atoms with Crippen molar-refractivity contribution in [3.63, 3.8) is 0 Å². The fraction of sp³-hybridized carbons (Fsp3) is 0.0588. The minimum atomic E-state index is -0.595. The Bertz CT molecular complexity index is 889. The van der Waals surface area contributed by atoms with E-state index in [0.29, 0.717) is 14.8 Å². The van der Waals surface area contributed by atoms with E-state index in [1.54, 1.807) is 36.4 Å². The number of anilines is 1. The van der Waals surface area contributed by atoms with Gasteiger partial charge in [-0.05, 0) is 52.4 Å². The molecule has 0 aromatic heterocycles. The maximum absolute atomic E-state index is 12.2. The fourth-order valence-electron chi connectivity index (χ4n) is 2.06. The molecule has 1 N–H and O–H groups in total. The summed E-state index contributed by atoms with van der Waals surface area (Å²) in [5.74, 6) is -0.461. The molecule has 0 bridgehead atoms. The van der Waals surface area contributed by atoms with Gasteiger partial charge in [-0.25, -0.2) is 0 Å². The number of para-hydroxylation sites is 1. The molecule has 126 valence electrons. The zero-order chi connectivity index (χ0) is 18.4. The number of carbonyl (C=O) groups is 1. The molecule has 0 radical (unpaired) electrons. The van der Waals surface area contributed by atoms with Gasteiger partial charge in [0.05, 0.1) is 15.6 Å². The Labute approximate surface area is 157 Å². The number of halogens is 1. The maximum atomic E-state index is 12.2. The number of nitrogens with one attached hydrogen (secondary N) is 1.